The van der Waals surface area contributed by atoms with Crippen LogP contribution in [0.3, 0.4) is 0 Å². The summed E-state index contributed by atoms with van der Waals surface area (Å²) in [5, 5.41) is 3.25. The van der Waals surface area contributed by atoms with E-state index in [9.17, 15) is 4.79 Å². The van der Waals surface area contributed by atoms with Crippen molar-refractivity contribution in [3.05, 3.63) is 47.2 Å². The number of nitrogens with zero attached hydrogens (tertiary/aromatic N) is 5. The Hall–Kier alpha value is -2.38. The normalized spacial score (nSPS) is 17.6. The lowest BCUT2D eigenvalue weighted by atomic mass is 10.2. The van der Waals surface area contributed by atoms with Crippen molar-refractivity contribution in [1.82, 2.24) is 20.2 Å². The summed E-state index contributed by atoms with van der Waals surface area (Å²) in [5.41, 5.74) is 1.53. The minimum atomic E-state index is -0.235. The molecule has 1 N–H and O–H groups in total. The fraction of sp³-hybridized carbons (Fsp3) is 0.476. The van der Waals surface area contributed by atoms with Gasteiger partial charge in [0, 0.05) is 58.0 Å². The third kappa shape index (κ3) is 4.97. The molecule has 0 aliphatic carbocycles. The fourth-order valence-corrected chi connectivity index (χ4v) is 4.04. The van der Waals surface area contributed by atoms with Crippen molar-refractivity contribution in [2.75, 3.05) is 62.2 Å². The van der Waals surface area contributed by atoms with Gasteiger partial charge in [0.25, 0.3) is 5.91 Å². The molecule has 0 atom stereocenters. The van der Waals surface area contributed by atoms with Crippen LogP contribution in [0.15, 0.2) is 36.5 Å². The number of para-hydroxylation sites is 1. The average molecular weight is 415 g/mol. The van der Waals surface area contributed by atoms with Gasteiger partial charge in [0.15, 0.2) is 5.69 Å². The van der Waals surface area contributed by atoms with Gasteiger partial charge in [-0.05, 0) is 25.0 Å². The minimum absolute atomic E-state index is 0.235. The van der Waals surface area contributed by atoms with Gasteiger partial charge in [0.2, 0.25) is 5.95 Å². The number of hydrogen-bond donors (Lipinski definition) is 1. The first-order chi connectivity index (χ1) is 14.2. The molecule has 154 valence electrons. The number of aromatic nitrogens is 2. The van der Waals surface area contributed by atoms with E-state index in [0.29, 0.717) is 17.5 Å². The summed E-state index contributed by atoms with van der Waals surface area (Å²) in [6.45, 7) is 7.20. The maximum Gasteiger partial charge on any atom is 0.271 e. The van der Waals surface area contributed by atoms with Gasteiger partial charge < -0.3 is 15.1 Å². The van der Waals surface area contributed by atoms with E-state index >= 15 is 0 Å². The van der Waals surface area contributed by atoms with Gasteiger partial charge in [-0.15, -0.1) is 0 Å². The number of piperazine rings is 1. The molecule has 2 fully saturated rings. The molecule has 1 aromatic carbocycles. The fourth-order valence-electron chi connectivity index (χ4n) is 3.87. The van der Waals surface area contributed by atoms with E-state index in [-0.39, 0.29) is 11.6 Å². The molecule has 29 heavy (non-hydrogen) atoms. The lowest BCUT2D eigenvalue weighted by molar-refractivity contribution is 0.0943. The summed E-state index contributed by atoms with van der Waals surface area (Å²) in [6.07, 6.45) is 3.79. The van der Waals surface area contributed by atoms with Crippen LogP contribution in [0.5, 0.6) is 0 Å². The second kappa shape index (κ2) is 9.41. The van der Waals surface area contributed by atoms with Crippen LogP contribution in [0.4, 0.5) is 11.6 Å². The van der Waals surface area contributed by atoms with E-state index in [2.05, 4.69) is 54.2 Å². The van der Waals surface area contributed by atoms with Gasteiger partial charge in [0.1, 0.15) is 0 Å². The number of carbonyl (C=O) groups is 1. The first kappa shape index (κ1) is 19.9. The molecule has 0 bridgehead atoms. The molecule has 4 rings (SSSR count). The van der Waals surface area contributed by atoms with Gasteiger partial charge in [-0.1, -0.05) is 29.8 Å². The Balaban J connectivity index is 1.25. The maximum atomic E-state index is 12.6. The quantitative estimate of drug-likeness (QED) is 0.782. The van der Waals surface area contributed by atoms with E-state index in [1.165, 1.54) is 11.9 Å². The van der Waals surface area contributed by atoms with Crippen LogP contribution in [0.1, 0.15) is 23.3 Å². The standard InChI is InChI=1S/C21H27ClN6O/c22-18-16-24-21(28-9-4-5-10-28)25-19(18)20(29)23-8-11-26-12-14-27(15-13-26)17-6-2-1-3-7-17/h1-3,6-7,16H,4-5,8-15H2,(H,23,29). The monoisotopic (exact) mass is 414 g/mol. The molecule has 0 spiro atoms. The Morgan fingerprint density at radius 2 is 1.72 bits per heavy atom. The van der Waals surface area contributed by atoms with Crippen LogP contribution in [0, 0.1) is 0 Å². The largest absolute Gasteiger partial charge is 0.369 e. The lowest BCUT2D eigenvalue weighted by Gasteiger charge is -2.36. The zero-order valence-electron chi connectivity index (χ0n) is 16.6. The summed E-state index contributed by atoms with van der Waals surface area (Å²) < 4.78 is 0. The topological polar surface area (TPSA) is 64.6 Å². The van der Waals surface area contributed by atoms with E-state index in [1.807, 2.05) is 6.07 Å². The molecule has 0 unspecified atom stereocenters. The van der Waals surface area contributed by atoms with Crippen molar-refractivity contribution in [3.63, 3.8) is 0 Å². The Morgan fingerprint density at radius 1 is 1.00 bits per heavy atom. The SMILES string of the molecule is O=C(NCCN1CCN(c2ccccc2)CC1)c1nc(N2CCCC2)ncc1Cl. The number of hydrogen-bond acceptors (Lipinski definition) is 6. The van der Waals surface area contributed by atoms with E-state index in [0.717, 1.165) is 58.7 Å². The smallest absolute Gasteiger partial charge is 0.271 e. The van der Waals surface area contributed by atoms with Gasteiger partial charge in [-0.25, -0.2) is 9.97 Å². The van der Waals surface area contributed by atoms with E-state index < -0.39 is 0 Å². The summed E-state index contributed by atoms with van der Waals surface area (Å²) in [5.74, 6) is 0.356. The molecule has 8 heteroatoms. The average Bonchev–Trinajstić information content (AvgIpc) is 3.30. The molecule has 1 amide bonds. The van der Waals surface area contributed by atoms with Gasteiger partial charge in [-0.3, -0.25) is 9.69 Å². The number of anilines is 2. The first-order valence-corrected chi connectivity index (χ1v) is 10.7. The maximum absolute atomic E-state index is 12.6. The molecule has 0 radical (unpaired) electrons. The summed E-state index contributed by atoms with van der Waals surface area (Å²) >= 11 is 6.18. The Morgan fingerprint density at radius 3 is 2.45 bits per heavy atom. The number of amides is 1. The highest BCUT2D eigenvalue weighted by atomic mass is 35.5. The number of rotatable bonds is 6. The van der Waals surface area contributed by atoms with Crippen molar-refractivity contribution in [2.45, 2.75) is 12.8 Å². The molecular formula is C21H27ClN6O. The lowest BCUT2D eigenvalue weighted by Crippen LogP contribution is -2.48. The van der Waals surface area contributed by atoms with Crippen molar-refractivity contribution in [3.8, 4) is 0 Å². The van der Waals surface area contributed by atoms with Crippen LogP contribution >= 0.6 is 11.6 Å². The minimum Gasteiger partial charge on any atom is -0.369 e. The van der Waals surface area contributed by atoms with Crippen molar-refractivity contribution >= 4 is 29.1 Å². The predicted octanol–water partition coefficient (Wildman–Crippen LogP) is 2.28. The van der Waals surface area contributed by atoms with Gasteiger partial charge in [-0.2, -0.15) is 0 Å². The van der Waals surface area contributed by atoms with Gasteiger partial charge in [0.05, 0.1) is 11.2 Å². The van der Waals surface area contributed by atoms with Gasteiger partial charge >= 0.3 is 0 Å². The molecule has 3 heterocycles. The summed E-state index contributed by atoms with van der Waals surface area (Å²) in [6, 6.07) is 10.5. The molecule has 2 aromatic rings. The Kier molecular flexibility index (Phi) is 6.46. The molecule has 2 aliphatic rings. The third-order valence-electron chi connectivity index (χ3n) is 5.54. The second-order valence-corrected chi connectivity index (χ2v) is 7.89. The molecule has 0 saturated carbocycles. The Bertz CT molecular complexity index is 819. The van der Waals surface area contributed by atoms with Crippen LogP contribution in [-0.2, 0) is 0 Å². The number of nitrogens with one attached hydrogen (secondary N) is 1. The highest BCUT2D eigenvalue weighted by Gasteiger charge is 2.20. The van der Waals surface area contributed by atoms with Crippen LogP contribution in [0.2, 0.25) is 5.02 Å². The highest BCUT2D eigenvalue weighted by molar-refractivity contribution is 6.33. The molecule has 7 nitrogen and oxygen atoms in total. The number of carbonyl (C=O) groups excluding carboxylic acids is 1. The first-order valence-electron chi connectivity index (χ1n) is 10.3. The van der Waals surface area contributed by atoms with Crippen LogP contribution < -0.4 is 15.1 Å². The van der Waals surface area contributed by atoms with Crippen molar-refractivity contribution in [1.29, 1.82) is 0 Å². The zero-order chi connectivity index (χ0) is 20.1. The molecule has 2 saturated heterocycles. The number of benzene rings is 1. The molecule has 1 aromatic heterocycles. The van der Waals surface area contributed by atoms with Crippen molar-refractivity contribution in [2.24, 2.45) is 0 Å². The second-order valence-electron chi connectivity index (χ2n) is 7.48. The van der Waals surface area contributed by atoms with Crippen LogP contribution in [0.25, 0.3) is 0 Å². The Labute approximate surface area is 176 Å². The highest BCUT2D eigenvalue weighted by Crippen LogP contribution is 2.20. The predicted molar refractivity (Wildman–Crippen MR) is 116 cm³/mol. The molecule has 2 aliphatic heterocycles. The van der Waals surface area contributed by atoms with E-state index in [1.54, 1.807) is 0 Å². The third-order valence-corrected chi connectivity index (χ3v) is 5.82. The summed E-state index contributed by atoms with van der Waals surface area (Å²) in [4.78, 5) is 28.1. The van der Waals surface area contributed by atoms with E-state index in [4.69, 9.17) is 11.6 Å². The zero-order valence-corrected chi connectivity index (χ0v) is 17.3. The number of halogens is 1. The molecular weight excluding hydrogens is 388 g/mol. The van der Waals surface area contributed by atoms with Crippen LogP contribution in [-0.4, -0.2) is 73.1 Å². The summed E-state index contributed by atoms with van der Waals surface area (Å²) in [7, 11) is 0. The van der Waals surface area contributed by atoms with Crippen molar-refractivity contribution < 1.29 is 4.79 Å².